The number of nitrogens with one attached hydrogen (secondary N) is 2. The van der Waals surface area contributed by atoms with Gasteiger partial charge in [-0.2, -0.15) is 0 Å². The van der Waals surface area contributed by atoms with Gasteiger partial charge in [0.05, 0.1) is 6.26 Å². The maximum Gasteiger partial charge on any atom is 0.190 e. The minimum absolute atomic E-state index is 0.589. The van der Waals surface area contributed by atoms with Crippen LogP contribution in [0.15, 0.2) is 27.8 Å². The molecule has 1 rings (SSSR count). The molecule has 5 heteroatoms. The Morgan fingerprint density at radius 2 is 1.86 bits per heavy atom. The summed E-state index contributed by atoms with van der Waals surface area (Å²) < 4.78 is 5.31. The SMILES string of the molecule is CN=C(NCCCN(C(C)C)C(C)C)NCCc1ccco1. The van der Waals surface area contributed by atoms with Crippen LogP contribution in [0.2, 0.25) is 0 Å². The summed E-state index contributed by atoms with van der Waals surface area (Å²) in [6, 6.07) is 5.08. The lowest BCUT2D eigenvalue weighted by molar-refractivity contribution is 0.173. The van der Waals surface area contributed by atoms with Gasteiger partial charge in [0.2, 0.25) is 0 Å². The fourth-order valence-electron chi connectivity index (χ4n) is 2.56. The van der Waals surface area contributed by atoms with Gasteiger partial charge in [-0.3, -0.25) is 9.89 Å². The quantitative estimate of drug-likeness (QED) is 0.418. The number of guanidine groups is 1. The second kappa shape index (κ2) is 10.3. The maximum atomic E-state index is 5.31. The fraction of sp³-hybridized carbons (Fsp3) is 0.706. The first kappa shape index (κ1) is 18.6. The third-order valence-corrected chi connectivity index (χ3v) is 3.68. The van der Waals surface area contributed by atoms with Crippen LogP contribution >= 0.6 is 0 Å². The van der Waals surface area contributed by atoms with E-state index in [2.05, 4.69) is 48.2 Å². The van der Waals surface area contributed by atoms with E-state index in [1.165, 1.54) is 0 Å². The summed E-state index contributed by atoms with van der Waals surface area (Å²) in [5.41, 5.74) is 0. The summed E-state index contributed by atoms with van der Waals surface area (Å²) >= 11 is 0. The van der Waals surface area contributed by atoms with E-state index in [9.17, 15) is 0 Å². The van der Waals surface area contributed by atoms with Gasteiger partial charge >= 0.3 is 0 Å². The van der Waals surface area contributed by atoms with Crippen LogP contribution in [0.1, 0.15) is 39.9 Å². The van der Waals surface area contributed by atoms with E-state index in [-0.39, 0.29) is 0 Å². The van der Waals surface area contributed by atoms with Crippen molar-refractivity contribution in [2.45, 2.75) is 52.6 Å². The summed E-state index contributed by atoms with van der Waals surface area (Å²) in [6.07, 6.45) is 3.68. The molecule has 1 aromatic heterocycles. The Labute approximate surface area is 135 Å². The molecule has 0 aliphatic rings. The highest BCUT2D eigenvalue weighted by Crippen LogP contribution is 2.05. The van der Waals surface area contributed by atoms with Crippen molar-refractivity contribution in [1.29, 1.82) is 0 Å². The molecule has 0 atom stereocenters. The summed E-state index contributed by atoms with van der Waals surface area (Å²) in [7, 11) is 1.80. The van der Waals surface area contributed by atoms with E-state index in [0.29, 0.717) is 12.1 Å². The van der Waals surface area contributed by atoms with Crippen LogP contribution in [-0.2, 0) is 6.42 Å². The second-order valence-corrected chi connectivity index (χ2v) is 6.03. The highest BCUT2D eigenvalue weighted by molar-refractivity contribution is 5.79. The molecule has 0 aliphatic heterocycles. The Hall–Kier alpha value is -1.49. The molecule has 0 amide bonds. The first-order valence-corrected chi connectivity index (χ1v) is 8.27. The Balaban J connectivity index is 2.18. The molecule has 0 saturated heterocycles. The molecule has 126 valence electrons. The van der Waals surface area contributed by atoms with Crippen LogP contribution in [0.3, 0.4) is 0 Å². The lowest BCUT2D eigenvalue weighted by atomic mass is 10.2. The van der Waals surface area contributed by atoms with Crippen LogP contribution in [0.4, 0.5) is 0 Å². The predicted octanol–water partition coefficient (Wildman–Crippen LogP) is 2.50. The third kappa shape index (κ3) is 6.98. The number of aliphatic imine (C=N–C) groups is 1. The average molecular weight is 308 g/mol. The molecule has 0 aliphatic carbocycles. The van der Waals surface area contributed by atoms with E-state index >= 15 is 0 Å². The maximum absolute atomic E-state index is 5.31. The monoisotopic (exact) mass is 308 g/mol. The number of nitrogens with zero attached hydrogens (tertiary/aromatic N) is 2. The summed E-state index contributed by atoms with van der Waals surface area (Å²) in [6.45, 7) is 11.9. The minimum atomic E-state index is 0.589. The molecule has 0 aromatic carbocycles. The van der Waals surface area contributed by atoms with Gasteiger partial charge in [0, 0.05) is 45.2 Å². The van der Waals surface area contributed by atoms with Gasteiger partial charge in [-0.15, -0.1) is 0 Å². The highest BCUT2D eigenvalue weighted by atomic mass is 16.3. The highest BCUT2D eigenvalue weighted by Gasteiger charge is 2.12. The van der Waals surface area contributed by atoms with Crippen LogP contribution in [0.25, 0.3) is 0 Å². The molecule has 0 fully saturated rings. The summed E-state index contributed by atoms with van der Waals surface area (Å²) in [4.78, 5) is 6.75. The van der Waals surface area contributed by atoms with Crippen molar-refractivity contribution in [3.05, 3.63) is 24.2 Å². The Bertz CT molecular complexity index is 404. The molecule has 22 heavy (non-hydrogen) atoms. The van der Waals surface area contributed by atoms with Crippen molar-refractivity contribution in [2.75, 3.05) is 26.7 Å². The molecule has 0 radical (unpaired) electrons. The molecule has 2 N–H and O–H groups in total. The van der Waals surface area contributed by atoms with Gasteiger partial charge in [0.25, 0.3) is 0 Å². The van der Waals surface area contributed by atoms with Gasteiger partial charge in [0.15, 0.2) is 5.96 Å². The molecular formula is C17H32N4O. The normalized spacial score (nSPS) is 12.5. The van der Waals surface area contributed by atoms with E-state index in [4.69, 9.17) is 4.42 Å². The van der Waals surface area contributed by atoms with Crippen molar-refractivity contribution in [3.63, 3.8) is 0 Å². The predicted molar refractivity (Wildman–Crippen MR) is 93.4 cm³/mol. The van der Waals surface area contributed by atoms with Gasteiger partial charge in [-0.25, -0.2) is 0 Å². The van der Waals surface area contributed by atoms with Gasteiger partial charge < -0.3 is 15.1 Å². The van der Waals surface area contributed by atoms with Gasteiger partial charge in [-0.05, 0) is 46.2 Å². The largest absolute Gasteiger partial charge is 0.469 e. The molecule has 5 nitrogen and oxygen atoms in total. The van der Waals surface area contributed by atoms with E-state index in [0.717, 1.165) is 44.2 Å². The molecule has 0 bridgehead atoms. The number of hydrogen-bond acceptors (Lipinski definition) is 3. The molecule has 0 unspecified atom stereocenters. The van der Waals surface area contributed by atoms with Gasteiger partial charge in [0.1, 0.15) is 5.76 Å². The zero-order chi connectivity index (χ0) is 16.4. The van der Waals surface area contributed by atoms with E-state index in [1.54, 1.807) is 13.3 Å². The average Bonchev–Trinajstić information content (AvgIpc) is 2.97. The standard InChI is InChI=1S/C17H32N4O/c1-14(2)21(15(3)4)12-7-10-19-17(18-5)20-11-9-16-8-6-13-22-16/h6,8,13-15H,7,9-12H2,1-5H3,(H2,18,19,20). The summed E-state index contributed by atoms with van der Waals surface area (Å²) in [5.74, 6) is 1.85. The van der Waals surface area contributed by atoms with Crippen LogP contribution in [0.5, 0.6) is 0 Å². The molecule has 1 aromatic rings. The van der Waals surface area contributed by atoms with Crippen LogP contribution in [-0.4, -0.2) is 49.6 Å². The first-order chi connectivity index (χ1) is 10.5. The smallest absolute Gasteiger partial charge is 0.190 e. The Morgan fingerprint density at radius 3 is 2.41 bits per heavy atom. The van der Waals surface area contributed by atoms with Crippen molar-refractivity contribution in [1.82, 2.24) is 15.5 Å². The molecular weight excluding hydrogens is 276 g/mol. The first-order valence-electron chi connectivity index (χ1n) is 8.27. The molecule has 0 spiro atoms. The second-order valence-electron chi connectivity index (χ2n) is 6.03. The van der Waals surface area contributed by atoms with Crippen molar-refractivity contribution in [2.24, 2.45) is 4.99 Å². The van der Waals surface area contributed by atoms with Crippen molar-refractivity contribution in [3.8, 4) is 0 Å². The van der Waals surface area contributed by atoms with Crippen molar-refractivity contribution < 1.29 is 4.42 Å². The molecule has 0 saturated carbocycles. The van der Waals surface area contributed by atoms with Crippen LogP contribution < -0.4 is 10.6 Å². The minimum Gasteiger partial charge on any atom is -0.469 e. The van der Waals surface area contributed by atoms with Gasteiger partial charge in [-0.1, -0.05) is 0 Å². The number of hydrogen-bond donors (Lipinski definition) is 2. The molecule has 1 heterocycles. The fourth-order valence-corrected chi connectivity index (χ4v) is 2.56. The van der Waals surface area contributed by atoms with E-state index < -0.39 is 0 Å². The third-order valence-electron chi connectivity index (χ3n) is 3.68. The zero-order valence-electron chi connectivity index (χ0n) is 14.7. The zero-order valence-corrected chi connectivity index (χ0v) is 14.7. The van der Waals surface area contributed by atoms with Crippen molar-refractivity contribution >= 4 is 5.96 Å². The number of rotatable bonds is 9. The Kier molecular flexibility index (Phi) is 8.67. The van der Waals surface area contributed by atoms with Crippen LogP contribution in [0, 0.1) is 0 Å². The lowest BCUT2D eigenvalue weighted by Gasteiger charge is -2.30. The van der Waals surface area contributed by atoms with E-state index in [1.807, 2.05) is 12.1 Å². The topological polar surface area (TPSA) is 52.8 Å². The Morgan fingerprint density at radius 1 is 1.18 bits per heavy atom. The number of furan rings is 1. The lowest BCUT2D eigenvalue weighted by Crippen LogP contribution is -2.41. The summed E-state index contributed by atoms with van der Waals surface area (Å²) in [5, 5.41) is 6.67.